The van der Waals surface area contributed by atoms with Gasteiger partial charge in [0.25, 0.3) is 5.92 Å². The highest BCUT2D eigenvalue weighted by Crippen LogP contribution is 2.34. The number of nitrogens with two attached hydrogens (primary N) is 1. The maximum Gasteiger partial charge on any atom is 0.262 e. The molecule has 4 nitrogen and oxygen atoms in total. The lowest BCUT2D eigenvalue weighted by Gasteiger charge is -2.21. The Hall–Kier alpha value is -2.80. The van der Waals surface area contributed by atoms with Gasteiger partial charge in [0.15, 0.2) is 0 Å². The number of furan rings is 1. The quantitative estimate of drug-likeness (QED) is 0.753. The molecule has 0 radical (unpaired) electrons. The molecule has 1 unspecified atom stereocenters. The zero-order chi connectivity index (χ0) is 19.2. The highest BCUT2D eigenvalue weighted by Gasteiger charge is 2.47. The molecule has 2 aromatic carbocycles. The number of primary amides is 1. The van der Waals surface area contributed by atoms with E-state index in [0.29, 0.717) is 16.9 Å². The topological polar surface area (TPSA) is 59.5 Å². The number of alkyl halides is 2. The Morgan fingerprint density at radius 3 is 2.74 bits per heavy atom. The van der Waals surface area contributed by atoms with Crippen molar-refractivity contribution in [2.75, 3.05) is 6.54 Å². The molecule has 4 rings (SSSR count). The van der Waals surface area contributed by atoms with Crippen LogP contribution < -0.4 is 5.73 Å². The molecule has 140 valence electrons. The average molecular weight is 374 g/mol. The zero-order valence-electron chi connectivity index (χ0n) is 14.3. The van der Waals surface area contributed by atoms with Gasteiger partial charge in [-0.05, 0) is 35.9 Å². The smallest absolute Gasteiger partial charge is 0.262 e. The number of halogens is 3. The summed E-state index contributed by atoms with van der Waals surface area (Å²) in [5.41, 5.74) is 6.93. The second kappa shape index (κ2) is 6.42. The number of benzene rings is 2. The van der Waals surface area contributed by atoms with Crippen LogP contribution in [0.1, 0.15) is 12.0 Å². The van der Waals surface area contributed by atoms with E-state index in [4.69, 9.17) is 10.2 Å². The van der Waals surface area contributed by atoms with Crippen LogP contribution in [0.2, 0.25) is 0 Å². The van der Waals surface area contributed by atoms with E-state index in [1.807, 2.05) is 0 Å². The Morgan fingerprint density at radius 2 is 2.00 bits per heavy atom. The van der Waals surface area contributed by atoms with Crippen LogP contribution in [0.5, 0.6) is 0 Å². The maximum absolute atomic E-state index is 14.0. The van der Waals surface area contributed by atoms with E-state index in [9.17, 15) is 18.0 Å². The van der Waals surface area contributed by atoms with Gasteiger partial charge in [0, 0.05) is 18.4 Å². The minimum absolute atomic E-state index is 0.166. The molecule has 2 N–H and O–H groups in total. The number of carbonyl (C=O) groups excluding carboxylic acids is 1. The molecular formula is C20H17F3N2O2. The predicted molar refractivity (Wildman–Crippen MR) is 94.6 cm³/mol. The number of rotatable bonds is 4. The molecular weight excluding hydrogens is 357 g/mol. The second-order valence-corrected chi connectivity index (χ2v) is 6.85. The van der Waals surface area contributed by atoms with Gasteiger partial charge >= 0.3 is 0 Å². The molecule has 7 heteroatoms. The number of carbonyl (C=O) groups is 1. The van der Waals surface area contributed by atoms with E-state index < -0.39 is 30.8 Å². The van der Waals surface area contributed by atoms with Gasteiger partial charge in [0.1, 0.15) is 17.2 Å². The Bertz CT molecular complexity index is 1020. The molecule has 0 saturated carbocycles. The lowest BCUT2D eigenvalue weighted by atomic mass is 10.1. The first-order chi connectivity index (χ1) is 12.8. The summed E-state index contributed by atoms with van der Waals surface area (Å²) in [7, 11) is 0. The fraction of sp³-hybridized carbons (Fsp3) is 0.250. The molecule has 1 amide bonds. The van der Waals surface area contributed by atoms with Crippen molar-refractivity contribution in [3.63, 3.8) is 0 Å². The first-order valence-corrected chi connectivity index (χ1v) is 8.51. The average Bonchev–Trinajstić information content (AvgIpc) is 3.15. The molecule has 0 aliphatic carbocycles. The van der Waals surface area contributed by atoms with Crippen molar-refractivity contribution in [3.8, 4) is 11.3 Å². The third-order valence-corrected chi connectivity index (χ3v) is 4.80. The van der Waals surface area contributed by atoms with Crippen molar-refractivity contribution >= 4 is 16.9 Å². The third-order valence-electron chi connectivity index (χ3n) is 4.80. The van der Waals surface area contributed by atoms with Crippen LogP contribution in [0.3, 0.4) is 0 Å². The molecule has 27 heavy (non-hydrogen) atoms. The van der Waals surface area contributed by atoms with E-state index in [2.05, 4.69) is 0 Å². The number of fused-ring (bicyclic) bond motifs is 1. The van der Waals surface area contributed by atoms with Gasteiger partial charge in [-0.25, -0.2) is 13.2 Å². The number of hydrogen-bond acceptors (Lipinski definition) is 3. The molecule has 1 saturated heterocycles. The van der Waals surface area contributed by atoms with Gasteiger partial charge in [-0.3, -0.25) is 9.69 Å². The Labute approximate surface area is 153 Å². The zero-order valence-corrected chi connectivity index (χ0v) is 14.3. The summed E-state index contributed by atoms with van der Waals surface area (Å²) in [6, 6.07) is 12.2. The Morgan fingerprint density at radius 1 is 1.22 bits per heavy atom. The summed E-state index contributed by atoms with van der Waals surface area (Å²) in [5, 5.41) is 0.729. The van der Waals surface area contributed by atoms with Gasteiger partial charge in [-0.15, -0.1) is 0 Å². The van der Waals surface area contributed by atoms with E-state index in [-0.39, 0.29) is 12.4 Å². The SMILES string of the molecule is NC(=O)C1CC(F)(F)CN1Cc1ccc2oc(-c3ccccc3F)cc2c1. The van der Waals surface area contributed by atoms with Crippen LogP contribution in [0.25, 0.3) is 22.3 Å². The van der Waals surface area contributed by atoms with Crippen molar-refractivity contribution in [3.05, 3.63) is 59.9 Å². The van der Waals surface area contributed by atoms with E-state index in [1.54, 1.807) is 42.5 Å². The van der Waals surface area contributed by atoms with E-state index >= 15 is 0 Å². The molecule has 1 aromatic heterocycles. The van der Waals surface area contributed by atoms with E-state index in [1.165, 1.54) is 11.0 Å². The van der Waals surface area contributed by atoms with Crippen molar-refractivity contribution in [1.29, 1.82) is 0 Å². The maximum atomic E-state index is 14.0. The number of amides is 1. The normalized spacial score (nSPS) is 19.6. The summed E-state index contributed by atoms with van der Waals surface area (Å²) in [4.78, 5) is 12.9. The first kappa shape index (κ1) is 17.6. The van der Waals surface area contributed by atoms with Gasteiger partial charge < -0.3 is 10.2 Å². The van der Waals surface area contributed by atoms with Crippen LogP contribution in [0.4, 0.5) is 13.2 Å². The summed E-state index contributed by atoms with van der Waals surface area (Å²) in [6.07, 6.45) is -0.562. The minimum atomic E-state index is -2.93. The number of nitrogens with zero attached hydrogens (tertiary/aromatic N) is 1. The van der Waals surface area contributed by atoms with Crippen molar-refractivity contribution in [2.24, 2.45) is 5.73 Å². The van der Waals surface area contributed by atoms with Gasteiger partial charge in [0.05, 0.1) is 18.2 Å². The second-order valence-electron chi connectivity index (χ2n) is 6.85. The van der Waals surface area contributed by atoms with Crippen molar-refractivity contribution in [1.82, 2.24) is 4.90 Å². The molecule has 1 atom stereocenters. The lowest BCUT2D eigenvalue weighted by molar-refractivity contribution is -0.122. The monoisotopic (exact) mass is 374 g/mol. The third kappa shape index (κ3) is 3.42. The predicted octanol–water partition coefficient (Wildman–Crippen LogP) is 3.93. The molecule has 2 heterocycles. The highest BCUT2D eigenvalue weighted by molar-refractivity contribution is 5.83. The fourth-order valence-corrected chi connectivity index (χ4v) is 3.55. The molecule has 1 aliphatic heterocycles. The number of hydrogen-bond donors (Lipinski definition) is 1. The highest BCUT2D eigenvalue weighted by atomic mass is 19.3. The van der Waals surface area contributed by atoms with Crippen LogP contribution in [-0.4, -0.2) is 29.3 Å². The van der Waals surface area contributed by atoms with Gasteiger partial charge in [0.2, 0.25) is 5.91 Å². The van der Waals surface area contributed by atoms with E-state index in [0.717, 1.165) is 10.9 Å². The van der Waals surface area contributed by atoms with Crippen LogP contribution >= 0.6 is 0 Å². The lowest BCUT2D eigenvalue weighted by Crippen LogP contribution is -2.39. The summed E-state index contributed by atoms with van der Waals surface area (Å²) < 4.78 is 47.0. The van der Waals surface area contributed by atoms with Crippen molar-refractivity contribution < 1.29 is 22.4 Å². The first-order valence-electron chi connectivity index (χ1n) is 8.51. The standard InChI is InChI=1S/C20H17F3N2O2/c21-15-4-2-1-3-14(15)18-8-13-7-12(5-6-17(13)27-18)10-25-11-20(22,23)9-16(25)19(24)26/h1-8,16H,9-11H2,(H2,24,26). The molecule has 0 spiro atoms. The number of likely N-dealkylation sites (tertiary alicyclic amines) is 1. The largest absolute Gasteiger partial charge is 0.456 e. The van der Waals surface area contributed by atoms with Crippen LogP contribution in [0.15, 0.2) is 52.9 Å². The minimum Gasteiger partial charge on any atom is -0.456 e. The fourth-order valence-electron chi connectivity index (χ4n) is 3.55. The van der Waals surface area contributed by atoms with Gasteiger partial charge in [-0.1, -0.05) is 18.2 Å². The Kier molecular flexibility index (Phi) is 4.19. The molecule has 0 bridgehead atoms. The summed E-state index contributed by atoms with van der Waals surface area (Å²) in [6.45, 7) is -0.343. The molecule has 1 aliphatic rings. The van der Waals surface area contributed by atoms with Crippen LogP contribution in [0, 0.1) is 5.82 Å². The summed E-state index contributed by atoms with van der Waals surface area (Å²) in [5.74, 6) is -3.68. The Balaban J connectivity index is 1.62. The molecule has 1 fully saturated rings. The molecule has 3 aromatic rings. The van der Waals surface area contributed by atoms with Gasteiger partial charge in [-0.2, -0.15) is 0 Å². The van der Waals surface area contributed by atoms with Crippen molar-refractivity contribution in [2.45, 2.75) is 24.9 Å². The summed E-state index contributed by atoms with van der Waals surface area (Å²) >= 11 is 0. The van der Waals surface area contributed by atoms with Crippen LogP contribution in [-0.2, 0) is 11.3 Å².